The van der Waals surface area contributed by atoms with Crippen molar-refractivity contribution in [3.63, 3.8) is 0 Å². The molecule has 1 aliphatic heterocycles. The highest BCUT2D eigenvalue weighted by molar-refractivity contribution is 6.02. The van der Waals surface area contributed by atoms with Crippen LogP contribution in [-0.2, 0) is 4.79 Å². The van der Waals surface area contributed by atoms with E-state index in [4.69, 9.17) is 11.3 Å². The number of carbonyl (C=O) groups excluding carboxylic acids is 2. The highest BCUT2D eigenvalue weighted by Gasteiger charge is 2.31. The van der Waals surface area contributed by atoms with E-state index < -0.39 is 29.5 Å². The van der Waals surface area contributed by atoms with Crippen molar-refractivity contribution in [2.24, 2.45) is 0 Å². The minimum atomic E-state index is -1.04. The molecule has 1 atom stereocenters. The van der Waals surface area contributed by atoms with Gasteiger partial charge in [0.25, 0.3) is 11.8 Å². The van der Waals surface area contributed by atoms with Crippen LogP contribution in [0.3, 0.4) is 0 Å². The maximum atomic E-state index is 13.7. The molecule has 166 valence electrons. The number of hydrogen-bond acceptors (Lipinski definition) is 5. The molecule has 0 radical (unpaired) electrons. The average Bonchev–Trinajstić information content (AvgIpc) is 2.93. The van der Waals surface area contributed by atoms with E-state index >= 15 is 0 Å². The Balaban J connectivity index is 1.58. The van der Waals surface area contributed by atoms with E-state index in [9.17, 15) is 18.4 Å². The van der Waals surface area contributed by atoms with Crippen LogP contribution in [0.25, 0.3) is 16.1 Å². The van der Waals surface area contributed by atoms with E-state index in [2.05, 4.69) is 20.1 Å². The largest absolute Gasteiger partial charge is 0.490 e. The van der Waals surface area contributed by atoms with Crippen molar-refractivity contribution in [3.05, 3.63) is 77.0 Å². The number of nitrogens with zero attached hydrogens (tertiary/aromatic N) is 4. The van der Waals surface area contributed by atoms with Crippen LogP contribution in [0.2, 0.25) is 0 Å². The first-order chi connectivity index (χ1) is 15.8. The maximum Gasteiger partial charge on any atom is 0.289 e. The fourth-order valence-corrected chi connectivity index (χ4v) is 3.38. The number of ether oxygens (including phenoxy) is 1. The average molecular weight is 449 g/mol. The first-order valence-corrected chi connectivity index (χ1v) is 9.80. The molecule has 2 aromatic carbocycles. The molecule has 4 rings (SSSR count). The number of aromatic nitrogens is 2. The van der Waals surface area contributed by atoms with Crippen molar-refractivity contribution >= 4 is 23.2 Å². The van der Waals surface area contributed by atoms with Gasteiger partial charge < -0.3 is 15.0 Å². The minimum absolute atomic E-state index is 0.161. The molecular formula is C23H17F2N5O3. The topological polar surface area (TPSA) is 88.8 Å². The summed E-state index contributed by atoms with van der Waals surface area (Å²) >= 11 is 0. The van der Waals surface area contributed by atoms with Gasteiger partial charge in [0.05, 0.1) is 18.0 Å². The molecule has 0 saturated carbocycles. The molecule has 0 saturated heterocycles. The summed E-state index contributed by atoms with van der Waals surface area (Å²) in [6.45, 7) is 8.64. The fraction of sp³-hybridized carbons (Fsp3) is 0.174. The Kier molecular flexibility index (Phi) is 5.70. The van der Waals surface area contributed by atoms with Crippen LogP contribution in [0.15, 0.2) is 42.6 Å². The predicted molar refractivity (Wildman–Crippen MR) is 115 cm³/mol. The van der Waals surface area contributed by atoms with Crippen molar-refractivity contribution in [2.75, 3.05) is 18.6 Å². The number of amides is 2. The summed E-state index contributed by atoms with van der Waals surface area (Å²) in [5, 5.41) is 2.56. The van der Waals surface area contributed by atoms with Gasteiger partial charge in [0.15, 0.2) is 17.3 Å². The number of aryl methyl sites for hydroxylation is 1. The lowest BCUT2D eigenvalue weighted by Gasteiger charge is -2.20. The molecule has 33 heavy (non-hydrogen) atoms. The maximum absolute atomic E-state index is 13.7. The van der Waals surface area contributed by atoms with E-state index in [0.717, 1.165) is 12.1 Å². The van der Waals surface area contributed by atoms with Gasteiger partial charge in [-0.2, -0.15) is 0 Å². The fourth-order valence-electron chi connectivity index (χ4n) is 3.38. The lowest BCUT2D eigenvalue weighted by atomic mass is 10.1. The second-order valence-electron chi connectivity index (χ2n) is 7.35. The molecule has 1 aromatic heterocycles. The van der Waals surface area contributed by atoms with Crippen LogP contribution in [0.5, 0.6) is 5.75 Å². The first kappa shape index (κ1) is 21.8. The van der Waals surface area contributed by atoms with Crippen molar-refractivity contribution in [2.45, 2.75) is 13.0 Å². The standard InChI is InChI=1S/C23H17F2N5O3/c1-12-10-27-21(29-20(12)13-4-6-15(24)16(25)8-13)22(31)28-17-11-33-19-9-14(26-2)5-7-18(19)30(3)23(17)32/h4-10,17H,11H2,1,3H3,(H,28,31)/t17-/m0/s1. The van der Waals surface area contributed by atoms with Crippen LogP contribution in [0.1, 0.15) is 16.2 Å². The van der Waals surface area contributed by atoms with Crippen molar-refractivity contribution < 1.29 is 23.1 Å². The zero-order chi connectivity index (χ0) is 23.7. The van der Waals surface area contributed by atoms with Gasteiger partial charge in [-0.3, -0.25) is 9.59 Å². The van der Waals surface area contributed by atoms with Gasteiger partial charge in [-0.1, -0.05) is 6.07 Å². The number of hydrogen-bond donors (Lipinski definition) is 1. The zero-order valence-electron chi connectivity index (χ0n) is 17.6. The molecule has 0 fully saturated rings. The molecule has 8 nitrogen and oxygen atoms in total. The summed E-state index contributed by atoms with van der Waals surface area (Å²) in [5.41, 5.74) is 1.92. The minimum Gasteiger partial charge on any atom is -0.490 e. The molecule has 0 aliphatic carbocycles. The Morgan fingerprint density at radius 2 is 2.03 bits per heavy atom. The molecule has 1 N–H and O–H groups in total. The summed E-state index contributed by atoms with van der Waals surface area (Å²) in [4.78, 5) is 38.6. The number of likely N-dealkylation sites (N-methyl/N-ethyl adjacent to an activating group) is 1. The third kappa shape index (κ3) is 4.21. The van der Waals surface area contributed by atoms with E-state index in [1.54, 1.807) is 19.1 Å². The molecule has 0 bridgehead atoms. The molecule has 10 heteroatoms. The summed E-state index contributed by atoms with van der Waals surface area (Å²) < 4.78 is 32.6. The van der Waals surface area contributed by atoms with E-state index in [0.29, 0.717) is 22.7 Å². The number of nitrogens with one attached hydrogen (secondary N) is 1. The number of carbonyl (C=O) groups is 2. The van der Waals surface area contributed by atoms with E-state index in [1.165, 1.54) is 30.3 Å². The Labute approximate surface area is 187 Å². The second kappa shape index (κ2) is 8.63. The quantitative estimate of drug-likeness (QED) is 0.619. The summed E-state index contributed by atoms with van der Waals surface area (Å²) in [7, 11) is 1.54. The van der Waals surface area contributed by atoms with Gasteiger partial charge in [0.1, 0.15) is 18.4 Å². The lowest BCUT2D eigenvalue weighted by Crippen LogP contribution is -2.49. The highest BCUT2D eigenvalue weighted by Crippen LogP contribution is 2.34. The van der Waals surface area contributed by atoms with Crippen LogP contribution < -0.4 is 15.0 Å². The van der Waals surface area contributed by atoms with Crippen LogP contribution in [0, 0.1) is 25.1 Å². The highest BCUT2D eigenvalue weighted by atomic mass is 19.2. The monoisotopic (exact) mass is 449 g/mol. The summed E-state index contributed by atoms with van der Waals surface area (Å²) in [6, 6.07) is 6.96. The normalized spacial score (nSPS) is 15.2. The molecule has 0 spiro atoms. The summed E-state index contributed by atoms with van der Waals surface area (Å²) in [6.07, 6.45) is 1.39. The number of fused-ring (bicyclic) bond motifs is 1. The van der Waals surface area contributed by atoms with Crippen molar-refractivity contribution in [3.8, 4) is 17.0 Å². The molecule has 2 heterocycles. The molecule has 2 amide bonds. The number of halogens is 2. The third-order valence-corrected chi connectivity index (χ3v) is 5.14. The second-order valence-corrected chi connectivity index (χ2v) is 7.35. The van der Waals surface area contributed by atoms with Crippen LogP contribution in [-0.4, -0.2) is 41.5 Å². The Morgan fingerprint density at radius 1 is 1.24 bits per heavy atom. The third-order valence-electron chi connectivity index (χ3n) is 5.14. The van der Waals surface area contributed by atoms with E-state index in [-0.39, 0.29) is 23.7 Å². The predicted octanol–water partition coefficient (Wildman–Crippen LogP) is 3.43. The molecule has 0 unspecified atom stereocenters. The van der Waals surface area contributed by atoms with Gasteiger partial charge in [-0.15, -0.1) is 0 Å². The Bertz CT molecular complexity index is 1320. The first-order valence-electron chi connectivity index (χ1n) is 9.80. The van der Waals surface area contributed by atoms with Crippen LogP contribution >= 0.6 is 0 Å². The zero-order valence-corrected chi connectivity index (χ0v) is 17.6. The van der Waals surface area contributed by atoms with Gasteiger partial charge in [-0.05, 0) is 42.8 Å². The number of anilines is 1. The Morgan fingerprint density at radius 3 is 2.76 bits per heavy atom. The number of rotatable bonds is 3. The van der Waals surface area contributed by atoms with Crippen molar-refractivity contribution in [1.29, 1.82) is 0 Å². The Hall–Kier alpha value is -4.39. The van der Waals surface area contributed by atoms with Gasteiger partial charge in [0.2, 0.25) is 5.82 Å². The van der Waals surface area contributed by atoms with E-state index in [1.807, 2.05) is 0 Å². The summed E-state index contributed by atoms with van der Waals surface area (Å²) in [5.74, 6) is -3.09. The van der Waals surface area contributed by atoms with Crippen molar-refractivity contribution in [1.82, 2.24) is 15.3 Å². The van der Waals surface area contributed by atoms with Gasteiger partial charge in [-0.25, -0.2) is 23.6 Å². The number of benzene rings is 2. The molecular weight excluding hydrogens is 432 g/mol. The van der Waals surface area contributed by atoms with Crippen LogP contribution in [0.4, 0.5) is 20.2 Å². The SMILES string of the molecule is [C-]#[N+]c1ccc2c(c1)OC[C@H](NC(=O)c1ncc(C)c(-c3ccc(F)c(F)c3)n1)C(=O)N2C. The smallest absolute Gasteiger partial charge is 0.289 e. The molecule has 3 aromatic rings. The lowest BCUT2D eigenvalue weighted by molar-refractivity contribution is -0.120. The van der Waals surface area contributed by atoms with Gasteiger partial charge in [0, 0.05) is 18.8 Å². The molecule has 1 aliphatic rings. The van der Waals surface area contributed by atoms with Gasteiger partial charge >= 0.3 is 0 Å².